The van der Waals surface area contributed by atoms with Crippen LogP contribution in [-0.2, 0) is 4.79 Å². The van der Waals surface area contributed by atoms with E-state index < -0.39 is 5.97 Å². The predicted octanol–water partition coefficient (Wildman–Crippen LogP) is 0.125. The Labute approximate surface area is 92.4 Å². The van der Waals surface area contributed by atoms with Crippen molar-refractivity contribution >= 4 is 23.3 Å². The van der Waals surface area contributed by atoms with Gasteiger partial charge in [-0.25, -0.2) is 4.79 Å². The standard InChI is InChI=1S/C10H13N3O3/c1-12-9(14)5-13-6-2-3-7(10(15)16)8(11)4-6/h2-4,13H,5,11H2,1H3,(H,12,14)(H,15,16). The van der Waals surface area contributed by atoms with Crippen molar-refractivity contribution in [1.29, 1.82) is 0 Å². The molecule has 0 bridgehead atoms. The summed E-state index contributed by atoms with van der Waals surface area (Å²) in [7, 11) is 1.53. The second-order valence-electron chi connectivity index (χ2n) is 3.13. The summed E-state index contributed by atoms with van der Waals surface area (Å²) in [5.74, 6) is -1.24. The van der Waals surface area contributed by atoms with Gasteiger partial charge in [-0.3, -0.25) is 4.79 Å². The second-order valence-corrected chi connectivity index (χ2v) is 3.13. The van der Waals surface area contributed by atoms with Gasteiger partial charge in [-0.1, -0.05) is 0 Å². The molecular formula is C10H13N3O3. The van der Waals surface area contributed by atoms with Crippen LogP contribution in [-0.4, -0.2) is 30.6 Å². The van der Waals surface area contributed by atoms with Crippen LogP contribution in [0.4, 0.5) is 11.4 Å². The number of nitrogens with one attached hydrogen (secondary N) is 2. The van der Waals surface area contributed by atoms with Gasteiger partial charge in [-0.2, -0.15) is 0 Å². The van der Waals surface area contributed by atoms with E-state index in [1.165, 1.54) is 19.2 Å². The van der Waals surface area contributed by atoms with Crippen molar-refractivity contribution in [3.63, 3.8) is 0 Å². The fourth-order valence-electron chi connectivity index (χ4n) is 1.14. The number of aromatic carboxylic acids is 1. The molecule has 0 unspecified atom stereocenters. The lowest BCUT2D eigenvalue weighted by Crippen LogP contribution is -2.26. The second kappa shape index (κ2) is 5.01. The molecule has 0 saturated heterocycles. The first-order valence-corrected chi connectivity index (χ1v) is 4.62. The molecule has 86 valence electrons. The van der Waals surface area contributed by atoms with Crippen LogP contribution < -0.4 is 16.4 Å². The zero-order valence-corrected chi connectivity index (χ0v) is 8.78. The third-order valence-electron chi connectivity index (χ3n) is 2.01. The minimum Gasteiger partial charge on any atom is -0.478 e. The summed E-state index contributed by atoms with van der Waals surface area (Å²) in [5, 5.41) is 14.0. The Hall–Kier alpha value is -2.24. The van der Waals surface area contributed by atoms with Crippen molar-refractivity contribution in [2.45, 2.75) is 0 Å². The van der Waals surface area contributed by atoms with Crippen LogP contribution in [0, 0.1) is 0 Å². The molecule has 5 N–H and O–H groups in total. The van der Waals surface area contributed by atoms with Gasteiger partial charge in [0.1, 0.15) is 0 Å². The maximum absolute atomic E-state index is 10.9. The van der Waals surface area contributed by atoms with Crippen LogP contribution in [0.15, 0.2) is 18.2 Å². The Bertz CT molecular complexity index is 418. The van der Waals surface area contributed by atoms with Crippen LogP contribution in [0.5, 0.6) is 0 Å². The van der Waals surface area contributed by atoms with Gasteiger partial charge in [-0.15, -0.1) is 0 Å². The number of likely N-dealkylation sites (N-methyl/N-ethyl adjacent to an activating group) is 1. The Morgan fingerprint density at radius 3 is 2.62 bits per heavy atom. The van der Waals surface area contributed by atoms with Crippen molar-refractivity contribution in [3.8, 4) is 0 Å². The average Bonchev–Trinajstić information content (AvgIpc) is 2.25. The Balaban J connectivity index is 2.74. The van der Waals surface area contributed by atoms with E-state index >= 15 is 0 Å². The molecule has 0 aliphatic carbocycles. The van der Waals surface area contributed by atoms with Crippen molar-refractivity contribution in [1.82, 2.24) is 5.32 Å². The highest BCUT2D eigenvalue weighted by atomic mass is 16.4. The van der Waals surface area contributed by atoms with E-state index in [4.69, 9.17) is 10.8 Å². The first-order valence-electron chi connectivity index (χ1n) is 4.62. The lowest BCUT2D eigenvalue weighted by molar-refractivity contribution is -0.118. The number of anilines is 2. The van der Waals surface area contributed by atoms with Crippen molar-refractivity contribution in [3.05, 3.63) is 23.8 Å². The highest BCUT2D eigenvalue weighted by Gasteiger charge is 2.08. The molecule has 1 aromatic rings. The van der Waals surface area contributed by atoms with Gasteiger partial charge in [0.15, 0.2) is 0 Å². The van der Waals surface area contributed by atoms with Crippen molar-refractivity contribution < 1.29 is 14.7 Å². The molecule has 0 atom stereocenters. The summed E-state index contributed by atoms with van der Waals surface area (Å²) in [6.45, 7) is 0.113. The summed E-state index contributed by atoms with van der Waals surface area (Å²) in [4.78, 5) is 21.6. The minimum absolute atomic E-state index is 0.0468. The minimum atomic E-state index is -1.07. The number of carbonyl (C=O) groups excluding carboxylic acids is 1. The SMILES string of the molecule is CNC(=O)CNc1ccc(C(=O)O)c(N)c1. The highest BCUT2D eigenvalue weighted by molar-refractivity contribution is 5.94. The number of amides is 1. The van der Waals surface area contributed by atoms with E-state index in [1.807, 2.05) is 0 Å². The first kappa shape index (κ1) is 11.8. The maximum Gasteiger partial charge on any atom is 0.337 e. The normalized spacial score (nSPS) is 9.56. The molecule has 1 amide bonds. The Kier molecular flexibility index (Phi) is 3.71. The first-order chi connectivity index (χ1) is 7.54. The van der Waals surface area contributed by atoms with E-state index in [0.29, 0.717) is 5.69 Å². The summed E-state index contributed by atoms with van der Waals surface area (Å²) in [6, 6.07) is 4.43. The molecule has 1 rings (SSSR count). The molecule has 0 fully saturated rings. The van der Waals surface area contributed by atoms with Crippen LogP contribution in [0.1, 0.15) is 10.4 Å². The van der Waals surface area contributed by atoms with Crippen LogP contribution in [0.25, 0.3) is 0 Å². The third-order valence-corrected chi connectivity index (χ3v) is 2.01. The zero-order chi connectivity index (χ0) is 12.1. The quantitative estimate of drug-likeness (QED) is 0.543. The molecule has 6 nitrogen and oxygen atoms in total. The molecule has 0 radical (unpaired) electrons. The van der Waals surface area contributed by atoms with Crippen LogP contribution in [0.2, 0.25) is 0 Å². The van der Waals surface area contributed by atoms with E-state index in [-0.39, 0.29) is 23.7 Å². The Morgan fingerprint density at radius 2 is 2.12 bits per heavy atom. The summed E-state index contributed by atoms with van der Waals surface area (Å²) in [6.07, 6.45) is 0. The molecule has 1 aromatic carbocycles. The number of carbonyl (C=O) groups is 2. The molecule has 0 aliphatic heterocycles. The molecule has 0 aromatic heterocycles. The molecular weight excluding hydrogens is 210 g/mol. The predicted molar refractivity (Wildman–Crippen MR) is 60.4 cm³/mol. The molecule has 16 heavy (non-hydrogen) atoms. The van der Waals surface area contributed by atoms with Gasteiger partial charge < -0.3 is 21.5 Å². The highest BCUT2D eigenvalue weighted by Crippen LogP contribution is 2.17. The summed E-state index contributed by atoms with van der Waals surface area (Å²) >= 11 is 0. The largest absolute Gasteiger partial charge is 0.478 e. The third kappa shape index (κ3) is 2.88. The van der Waals surface area contributed by atoms with E-state index in [2.05, 4.69) is 10.6 Å². The fraction of sp³-hybridized carbons (Fsp3) is 0.200. The van der Waals surface area contributed by atoms with Crippen LogP contribution >= 0.6 is 0 Å². The Morgan fingerprint density at radius 1 is 1.44 bits per heavy atom. The smallest absolute Gasteiger partial charge is 0.337 e. The molecule has 0 aliphatic rings. The molecule has 6 heteroatoms. The summed E-state index contributed by atoms with van der Waals surface area (Å²) in [5.41, 5.74) is 6.35. The number of carboxylic acid groups (broad SMARTS) is 1. The van der Waals surface area contributed by atoms with E-state index in [0.717, 1.165) is 0 Å². The fourth-order valence-corrected chi connectivity index (χ4v) is 1.14. The number of nitrogens with two attached hydrogens (primary N) is 1. The number of rotatable bonds is 4. The number of carboxylic acids is 1. The number of nitrogen functional groups attached to an aromatic ring is 1. The van der Waals surface area contributed by atoms with Gasteiger partial charge in [0, 0.05) is 18.4 Å². The van der Waals surface area contributed by atoms with E-state index in [1.54, 1.807) is 6.07 Å². The molecule has 0 spiro atoms. The number of hydrogen-bond acceptors (Lipinski definition) is 4. The average molecular weight is 223 g/mol. The number of hydrogen-bond donors (Lipinski definition) is 4. The van der Waals surface area contributed by atoms with Gasteiger partial charge in [-0.05, 0) is 18.2 Å². The van der Waals surface area contributed by atoms with Gasteiger partial charge in [0.2, 0.25) is 5.91 Å². The van der Waals surface area contributed by atoms with Gasteiger partial charge in [0.25, 0.3) is 0 Å². The maximum atomic E-state index is 10.9. The molecule has 0 saturated carbocycles. The lowest BCUT2D eigenvalue weighted by atomic mass is 10.1. The topological polar surface area (TPSA) is 104 Å². The van der Waals surface area contributed by atoms with Crippen molar-refractivity contribution in [2.75, 3.05) is 24.6 Å². The zero-order valence-electron chi connectivity index (χ0n) is 8.78. The van der Waals surface area contributed by atoms with Crippen molar-refractivity contribution in [2.24, 2.45) is 0 Å². The monoisotopic (exact) mass is 223 g/mol. The van der Waals surface area contributed by atoms with E-state index in [9.17, 15) is 9.59 Å². The lowest BCUT2D eigenvalue weighted by Gasteiger charge is -2.07. The van der Waals surface area contributed by atoms with Gasteiger partial charge in [0.05, 0.1) is 12.1 Å². The summed E-state index contributed by atoms with van der Waals surface area (Å²) < 4.78 is 0. The van der Waals surface area contributed by atoms with Crippen LogP contribution in [0.3, 0.4) is 0 Å². The molecule has 0 heterocycles. The van der Waals surface area contributed by atoms with Gasteiger partial charge >= 0.3 is 5.97 Å². The number of benzene rings is 1.